The largest absolute Gasteiger partial charge is 0.364 e. The van der Waals surface area contributed by atoms with Crippen LogP contribution in [0.4, 0.5) is 0 Å². The minimum Gasteiger partial charge on any atom is -0.364 e. The van der Waals surface area contributed by atoms with Crippen molar-refractivity contribution >= 4 is 21.8 Å². The summed E-state index contributed by atoms with van der Waals surface area (Å²) in [5.41, 5.74) is 0.327. The van der Waals surface area contributed by atoms with Crippen LogP contribution in [0.25, 0.3) is 0 Å². The Balaban J connectivity index is 2.23. The topological polar surface area (TPSA) is 55.1 Å². The molecule has 1 unspecified atom stereocenters. The summed E-state index contributed by atoms with van der Waals surface area (Å²) in [5, 5.41) is 6.29. The van der Waals surface area contributed by atoms with Gasteiger partial charge in [0.15, 0.2) is 5.69 Å². The molecule has 4 nitrogen and oxygen atoms in total. The van der Waals surface area contributed by atoms with E-state index >= 15 is 0 Å². The van der Waals surface area contributed by atoms with Gasteiger partial charge in [-0.25, -0.2) is 0 Å². The number of alkyl halides is 1. The Morgan fingerprint density at radius 1 is 1.79 bits per heavy atom. The summed E-state index contributed by atoms with van der Waals surface area (Å²) < 4.78 is 4.56. The highest BCUT2D eigenvalue weighted by Crippen LogP contribution is 2.07. The van der Waals surface area contributed by atoms with Crippen molar-refractivity contribution in [2.75, 3.05) is 6.54 Å². The molecule has 0 saturated carbocycles. The molecule has 0 spiro atoms. The Morgan fingerprint density at radius 3 is 3.14 bits per heavy atom. The summed E-state index contributed by atoms with van der Waals surface area (Å²) in [6.07, 6.45) is 3.36. The average molecular weight is 261 g/mol. The van der Waals surface area contributed by atoms with Crippen LogP contribution in [0.2, 0.25) is 0 Å². The quantitative estimate of drug-likeness (QED) is 0.824. The number of nitrogens with zero attached hydrogens (tertiary/aromatic N) is 1. The minimum atomic E-state index is -0.186. The van der Waals surface area contributed by atoms with Crippen LogP contribution in [0.1, 0.15) is 30.3 Å². The van der Waals surface area contributed by atoms with E-state index in [-0.39, 0.29) is 5.91 Å². The number of aromatic nitrogens is 1. The Bertz CT molecular complexity index is 274. The molecule has 1 rings (SSSR count). The summed E-state index contributed by atoms with van der Waals surface area (Å²) in [5.74, 6) is -0.186. The van der Waals surface area contributed by atoms with Crippen molar-refractivity contribution in [3.8, 4) is 0 Å². The lowest BCUT2D eigenvalue weighted by Crippen LogP contribution is -2.26. The standard InChI is InChI=1S/C9H13BrN2O2/c1-2-7(10)3-5-11-9(13)8-4-6-14-12-8/h4,6-7H,2-3,5H2,1H3,(H,11,13). The van der Waals surface area contributed by atoms with Crippen molar-refractivity contribution in [2.45, 2.75) is 24.6 Å². The zero-order valence-electron chi connectivity index (χ0n) is 8.00. The Hall–Kier alpha value is -0.840. The number of hydrogen-bond acceptors (Lipinski definition) is 3. The van der Waals surface area contributed by atoms with Crippen LogP contribution in [0.3, 0.4) is 0 Å². The normalized spacial score (nSPS) is 12.4. The molecule has 1 aromatic heterocycles. The van der Waals surface area contributed by atoms with E-state index in [4.69, 9.17) is 0 Å². The first-order chi connectivity index (χ1) is 6.74. The van der Waals surface area contributed by atoms with Crippen LogP contribution >= 0.6 is 15.9 Å². The molecular formula is C9H13BrN2O2. The van der Waals surface area contributed by atoms with E-state index in [2.05, 4.69) is 37.9 Å². The van der Waals surface area contributed by atoms with E-state index in [0.29, 0.717) is 17.1 Å². The molecule has 1 heterocycles. The van der Waals surface area contributed by atoms with Crippen LogP contribution in [0.5, 0.6) is 0 Å². The van der Waals surface area contributed by atoms with E-state index in [1.54, 1.807) is 6.07 Å². The van der Waals surface area contributed by atoms with E-state index in [0.717, 1.165) is 12.8 Å². The molecule has 1 N–H and O–H groups in total. The predicted molar refractivity (Wildman–Crippen MR) is 56.5 cm³/mol. The molecule has 0 aliphatic carbocycles. The molecule has 0 fully saturated rings. The first kappa shape index (κ1) is 11.2. The fourth-order valence-electron chi connectivity index (χ4n) is 0.967. The van der Waals surface area contributed by atoms with Crippen LogP contribution in [0.15, 0.2) is 16.9 Å². The maximum Gasteiger partial charge on any atom is 0.273 e. The highest BCUT2D eigenvalue weighted by Gasteiger charge is 2.08. The van der Waals surface area contributed by atoms with E-state index in [1.807, 2.05) is 0 Å². The molecule has 0 bridgehead atoms. The molecule has 0 aliphatic rings. The van der Waals surface area contributed by atoms with Gasteiger partial charge >= 0.3 is 0 Å². The van der Waals surface area contributed by atoms with Gasteiger partial charge in [0.25, 0.3) is 5.91 Å². The molecule has 5 heteroatoms. The third-order valence-corrected chi connectivity index (χ3v) is 2.96. The second kappa shape index (κ2) is 5.80. The molecule has 78 valence electrons. The first-order valence-electron chi connectivity index (χ1n) is 4.56. The highest BCUT2D eigenvalue weighted by molar-refractivity contribution is 9.09. The minimum absolute atomic E-state index is 0.186. The number of amides is 1. The number of rotatable bonds is 5. The van der Waals surface area contributed by atoms with Crippen LogP contribution in [0, 0.1) is 0 Å². The van der Waals surface area contributed by atoms with Crippen molar-refractivity contribution in [2.24, 2.45) is 0 Å². The highest BCUT2D eigenvalue weighted by atomic mass is 79.9. The molecule has 1 atom stereocenters. The van der Waals surface area contributed by atoms with Gasteiger partial charge in [-0.1, -0.05) is 28.0 Å². The zero-order valence-corrected chi connectivity index (χ0v) is 9.58. The summed E-state index contributed by atoms with van der Waals surface area (Å²) in [6.45, 7) is 2.74. The predicted octanol–water partition coefficient (Wildman–Crippen LogP) is 1.97. The molecule has 1 aromatic rings. The molecule has 1 amide bonds. The SMILES string of the molecule is CCC(Br)CCNC(=O)c1ccon1. The molecule has 0 radical (unpaired) electrons. The van der Waals surface area contributed by atoms with Gasteiger partial charge in [-0.2, -0.15) is 0 Å². The Kier molecular flexibility index (Phi) is 4.65. The average Bonchev–Trinajstić information content (AvgIpc) is 2.70. The van der Waals surface area contributed by atoms with Crippen molar-refractivity contribution in [1.29, 1.82) is 0 Å². The Morgan fingerprint density at radius 2 is 2.57 bits per heavy atom. The number of nitrogens with one attached hydrogen (secondary N) is 1. The lowest BCUT2D eigenvalue weighted by Gasteiger charge is -2.06. The van der Waals surface area contributed by atoms with Crippen molar-refractivity contribution in [1.82, 2.24) is 10.5 Å². The van der Waals surface area contributed by atoms with Gasteiger partial charge in [-0.3, -0.25) is 4.79 Å². The second-order valence-corrected chi connectivity index (χ2v) is 4.23. The van der Waals surface area contributed by atoms with Crippen LogP contribution in [-0.2, 0) is 0 Å². The molecule has 0 aromatic carbocycles. The summed E-state index contributed by atoms with van der Waals surface area (Å²) in [7, 11) is 0. The van der Waals surface area contributed by atoms with Gasteiger partial charge in [-0.15, -0.1) is 0 Å². The monoisotopic (exact) mass is 260 g/mol. The second-order valence-electron chi connectivity index (χ2n) is 2.93. The summed E-state index contributed by atoms with van der Waals surface area (Å²) in [4.78, 5) is 11.8. The fourth-order valence-corrected chi connectivity index (χ4v) is 1.20. The maximum absolute atomic E-state index is 11.3. The fraction of sp³-hybridized carbons (Fsp3) is 0.556. The molecule has 14 heavy (non-hydrogen) atoms. The van der Waals surface area contributed by atoms with Crippen LogP contribution in [-0.4, -0.2) is 22.4 Å². The smallest absolute Gasteiger partial charge is 0.273 e. The van der Waals surface area contributed by atoms with Gasteiger partial charge in [0.05, 0.1) is 0 Å². The first-order valence-corrected chi connectivity index (χ1v) is 5.48. The number of carbonyl (C=O) groups excluding carboxylic acids is 1. The van der Waals surface area contributed by atoms with Gasteiger partial charge in [0, 0.05) is 17.4 Å². The Labute approximate surface area is 91.2 Å². The number of halogens is 1. The van der Waals surface area contributed by atoms with Crippen LogP contribution < -0.4 is 5.32 Å². The van der Waals surface area contributed by atoms with E-state index in [9.17, 15) is 4.79 Å². The van der Waals surface area contributed by atoms with E-state index < -0.39 is 0 Å². The third kappa shape index (κ3) is 3.49. The van der Waals surface area contributed by atoms with Gasteiger partial charge in [0.2, 0.25) is 0 Å². The van der Waals surface area contributed by atoms with Gasteiger partial charge < -0.3 is 9.84 Å². The third-order valence-electron chi connectivity index (χ3n) is 1.86. The zero-order chi connectivity index (χ0) is 10.4. The lowest BCUT2D eigenvalue weighted by atomic mass is 10.2. The van der Waals surface area contributed by atoms with Gasteiger partial charge in [-0.05, 0) is 12.8 Å². The van der Waals surface area contributed by atoms with Crippen molar-refractivity contribution in [3.05, 3.63) is 18.0 Å². The molecular weight excluding hydrogens is 248 g/mol. The number of carbonyl (C=O) groups is 1. The van der Waals surface area contributed by atoms with Crippen molar-refractivity contribution < 1.29 is 9.32 Å². The maximum atomic E-state index is 11.3. The van der Waals surface area contributed by atoms with Gasteiger partial charge in [0.1, 0.15) is 6.26 Å². The van der Waals surface area contributed by atoms with Crippen molar-refractivity contribution in [3.63, 3.8) is 0 Å². The summed E-state index contributed by atoms with van der Waals surface area (Å²) >= 11 is 3.49. The lowest BCUT2D eigenvalue weighted by molar-refractivity contribution is 0.0944. The van der Waals surface area contributed by atoms with E-state index in [1.165, 1.54) is 6.26 Å². The summed E-state index contributed by atoms with van der Waals surface area (Å²) in [6, 6.07) is 1.54. The number of hydrogen-bond donors (Lipinski definition) is 1. The molecule has 0 saturated heterocycles. The molecule has 0 aliphatic heterocycles.